The Bertz CT molecular complexity index is 660. The van der Waals surface area contributed by atoms with Crippen LogP contribution in [0.4, 0.5) is 17.7 Å². The number of anilines is 3. The van der Waals surface area contributed by atoms with Crippen molar-refractivity contribution in [2.24, 2.45) is 0 Å². The number of aromatic nitrogens is 4. The molecule has 126 valence electrons. The van der Waals surface area contributed by atoms with Crippen LogP contribution in [0.3, 0.4) is 0 Å². The van der Waals surface area contributed by atoms with Crippen molar-refractivity contribution in [3.63, 3.8) is 0 Å². The Morgan fingerprint density at radius 2 is 1.91 bits per heavy atom. The van der Waals surface area contributed by atoms with Crippen LogP contribution >= 0.6 is 0 Å². The first-order valence-corrected chi connectivity index (χ1v) is 7.83. The van der Waals surface area contributed by atoms with Crippen molar-refractivity contribution in [3.8, 4) is 0 Å². The van der Waals surface area contributed by atoms with E-state index in [9.17, 15) is 5.11 Å². The number of hydrogen-bond acceptors (Lipinski definition) is 8. The third-order valence-electron chi connectivity index (χ3n) is 3.46. The monoisotopic (exact) mass is 319 g/mol. The van der Waals surface area contributed by atoms with Gasteiger partial charge in [0.05, 0.1) is 18.3 Å². The largest absolute Gasteiger partial charge is 0.391 e. The van der Waals surface area contributed by atoms with E-state index in [0.29, 0.717) is 22.9 Å². The van der Waals surface area contributed by atoms with E-state index in [0.717, 1.165) is 18.8 Å². The second-order valence-electron chi connectivity index (χ2n) is 5.79. The first kappa shape index (κ1) is 17.1. The summed E-state index contributed by atoms with van der Waals surface area (Å²) >= 11 is 0. The predicted octanol–water partition coefficient (Wildman–Crippen LogP) is 1.49. The lowest BCUT2D eigenvalue weighted by Gasteiger charge is -2.18. The second-order valence-corrected chi connectivity index (χ2v) is 5.79. The minimum absolute atomic E-state index is 0.151. The number of hydrogen-bond donors (Lipinski definition) is 3. The molecule has 2 atom stereocenters. The summed E-state index contributed by atoms with van der Waals surface area (Å²) in [7, 11) is 3.83. The minimum atomic E-state index is -0.500. The Hall–Kier alpha value is -2.22. The Balaban J connectivity index is 2.42. The zero-order valence-electron chi connectivity index (χ0n) is 14.3. The van der Waals surface area contributed by atoms with Crippen molar-refractivity contribution in [2.45, 2.75) is 39.3 Å². The summed E-state index contributed by atoms with van der Waals surface area (Å²) in [5.41, 5.74) is 1.35. The molecule has 0 fully saturated rings. The summed E-state index contributed by atoms with van der Waals surface area (Å²) in [6.45, 7) is 6.49. The number of nitrogens with one attached hydrogen (secondary N) is 2. The average Bonchev–Trinajstić information content (AvgIpc) is 2.51. The van der Waals surface area contributed by atoms with Crippen LogP contribution in [0.25, 0.3) is 11.0 Å². The maximum absolute atomic E-state index is 9.60. The van der Waals surface area contributed by atoms with Crippen molar-refractivity contribution in [1.29, 1.82) is 0 Å². The molecule has 2 rings (SSSR count). The van der Waals surface area contributed by atoms with Crippen molar-refractivity contribution < 1.29 is 5.11 Å². The highest BCUT2D eigenvalue weighted by molar-refractivity contribution is 5.86. The molecule has 0 saturated heterocycles. The van der Waals surface area contributed by atoms with E-state index in [2.05, 4.69) is 37.5 Å². The van der Waals surface area contributed by atoms with E-state index in [4.69, 9.17) is 0 Å². The molecule has 0 aliphatic carbocycles. The molecule has 0 aliphatic heterocycles. The van der Waals surface area contributed by atoms with Gasteiger partial charge in [-0.05, 0) is 20.3 Å². The summed E-state index contributed by atoms with van der Waals surface area (Å²) in [6, 6.07) is -0.151. The smallest absolute Gasteiger partial charge is 0.225 e. The molecule has 0 radical (unpaired) electrons. The third kappa shape index (κ3) is 4.16. The summed E-state index contributed by atoms with van der Waals surface area (Å²) in [4.78, 5) is 19.7. The van der Waals surface area contributed by atoms with Gasteiger partial charge in [-0.3, -0.25) is 0 Å². The van der Waals surface area contributed by atoms with Crippen LogP contribution in [-0.2, 0) is 0 Å². The standard InChI is InChI=1S/C15H25N7O/c1-6-7-16-14-19-11-8-17-15(18-9(2)10(3)23)20-12(11)13(21-14)22(4)5/h8-10,23H,6-7H2,1-5H3,(H,16,19,21)(H,17,18,20). The van der Waals surface area contributed by atoms with Crippen LogP contribution in [0.15, 0.2) is 6.20 Å². The first-order valence-electron chi connectivity index (χ1n) is 7.83. The van der Waals surface area contributed by atoms with Gasteiger partial charge in [0.15, 0.2) is 5.82 Å². The van der Waals surface area contributed by atoms with Gasteiger partial charge < -0.3 is 20.6 Å². The van der Waals surface area contributed by atoms with Crippen LogP contribution in [0.1, 0.15) is 27.2 Å². The van der Waals surface area contributed by atoms with Crippen molar-refractivity contribution in [3.05, 3.63) is 6.20 Å². The van der Waals surface area contributed by atoms with Gasteiger partial charge in [-0.1, -0.05) is 6.92 Å². The second kappa shape index (κ2) is 7.36. The van der Waals surface area contributed by atoms with Gasteiger partial charge in [0, 0.05) is 20.6 Å². The predicted molar refractivity (Wildman–Crippen MR) is 93.0 cm³/mol. The fourth-order valence-corrected chi connectivity index (χ4v) is 1.94. The first-order chi connectivity index (χ1) is 10.9. The molecule has 0 amide bonds. The highest BCUT2D eigenvalue weighted by Crippen LogP contribution is 2.23. The number of aliphatic hydroxyl groups is 1. The van der Waals surface area contributed by atoms with Crippen LogP contribution in [0.2, 0.25) is 0 Å². The van der Waals surface area contributed by atoms with Crippen LogP contribution < -0.4 is 15.5 Å². The fourth-order valence-electron chi connectivity index (χ4n) is 1.94. The van der Waals surface area contributed by atoms with E-state index in [1.54, 1.807) is 13.1 Å². The third-order valence-corrected chi connectivity index (χ3v) is 3.46. The fraction of sp³-hybridized carbons (Fsp3) is 0.600. The highest BCUT2D eigenvalue weighted by atomic mass is 16.3. The normalized spacial score (nSPS) is 13.7. The van der Waals surface area contributed by atoms with Gasteiger partial charge in [-0.25, -0.2) is 15.0 Å². The number of aliphatic hydroxyl groups excluding tert-OH is 1. The summed E-state index contributed by atoms with van der Waals surface area (Å²) in [6.07, 6.45) is 2.17. The molecule has 23 heavy (non-hydrogen) atoms. The molecule has 8 heteroatoms. The Labute approximate surface area is 136 Å². The molecular weight excluding hydrogens is 294 g/mol. The van der Waals surface area contributed by atoms with Crippen LogP contribution in [0.5, 0.6) is 0 Å². The van der Waals surface area contributed by atoms with Crippen molar-refractivity contribution in [2.75, 3.05) is 36.2 Å². The van der Waals surface area contributed by atoms with Gasteiger partial charge in [0.1, 0.15) is 11.0 Å². The summed E-state index contributed by atoms with van der Waals surface area (Å²) in [5.74, 6) is 1.75. The lowest BCUT2D eigenvalue weighted by molar-refractivity contribution is 0.177. The molecule has 2 aromatic heterocycles. The van der Waals surface area contributed by atoms with Crippen molar-refractivity contribution in [1.82, 2.24) is 19.9 Å². The Morgan fingerprint density at radius 1 is 1.17 bits per heavy atom. The van der Waals surface area contributed by atoms with Gasteiger partial charge in [0.25, 0.3) is 0 Å². The van der Waals surface area contributed by atoms with Crippen LogP contribution in [-0.4, -0.2) is 57.8 Å². The van der Waals surface area contributed by atoms with Gasteiger partial charge in [0.2, 0.25) is 11.9 Å². The van der Waals surface area contributed by atoms with E-state index in [1.165, 1.54) is 0 Å². The number of fused-ring (bicyclic) bond motifs is 1. The summed E-state index contributed by atoms with van der Waals surface area (Å²) < 4.78 is 0. The Kier molecular flexibility index (Phi) is 5.49. The Morgan fingerprint density at radius 3 is 2.52 bits per heavy atom. The molecule has 0 aromatic carbocycles. The molecule has 2 aromatic rings. The maximum Gasteiger partial charge on any atom is 0.225 e. The zero-order chi connectivity index (χ0) is 17.0. The molecule has 0 bridgehead atoms. The molecular formula is C15H25N7O. The quantitative estimate of drug-likeness (QED) is 0.706. The topological polar surface area (TPSA) is 99.1 Å². The molecule has 2 heterocycles. The minimum Gasteiger partial charge on any atom is -0.391 e. The lowest BCUT2D eigenvalue weighted by atomic mass is 10.2. The maximum atomic E-state index is 9.60. The van der Waals surface area contributed by atoms with E-state index < -0.39 is 6.10 Å². The molecule has 2 unspecified atom stereocenters. The lowest BCUT2D eigenvalue weighted by Crippen LogP contribution is -2.28. The SMILES string of the molecule is CCCNc1nc(N(C)C)c2nc(NC(C)C(C)O)ncc2n1. The van der Waals surface area contributed by atoms with E-state index in [1.807, 2.05) is 25.9 Å². The van der Waals surface area contributed by atoms with E-state index >= 15 is 0 Å². The molecule has 8 nitrogen and oxygen atoms in total. The number of rotatable bonds is 7. The van der Waals surface area contributed by atoms with Crippen LogP contribution in [0, 0.1) is 0 Å². The van der Waals surface area contributed by atoms with E-state index in [-0.39, 0.29) is 6.04 Å². The molecule has 0 spiro atoms. The highest BCUT2D eigenvalue weighted by Gasteiger charge is 2.14. The molecule has 0 aliphatic rings. The van der Waals surface area contributed by atoms with Crippen molar-refractivity contribution >= 4 is 28.7 Å². The zero-order valence-corrected chi connectivity index (χ0v) is 14.3. The van der Waals surface area contributed by atoms with Gasteiger partial charge in [-0.15, -0.1) is 0 Å². The molecule has 0 saturated carbocycles. The van der Waals surface area contributed by atoms with Gasteiger partial charge >= 0.3 is 0 Å². The average molecular weight is 319 g/mol. The van der Waals surface area contributed by atoms with Gasteiger partial charge in [-0.2, -0.15) is 4.98 Å². The molecule has 3 N–H and O–H groups in total. The summed E-state index contributed by atoms with van der Waals surface area (Å²) in [5, 5.41) is 15.9. The number of nitrogens with zero attached hydrogens (tertiary/aromatic N) is 5.